The average molecular weight is 977 g/mol. The van der Waals surface area contributed by atoms with Gasteiger partial charge in [-0.15, -0.1) is 0 Å². The third kappa shape index (κ3) is 39.6. The molecule has 1 aliphatic heterocycles. The second kappa shape index (κ2) is 50.0. The number of rotatable bonds is 51. The Morgan fingerprint density at radius 2 is 0.855 bits per heavy atom. The lowest BCUT2D eigenvalue weighted by molar-refractivity contribution is -0.302. The minimum atomic E-state index is -1.56. The molecule has 1 saturated heterocycles. The van der Waals surface area contributed by atoms with Crippen molar-refractivity contribution in [2.75, 3.05) is 13.2 Å². The first-order chi connectivity index (χ1) is 33.8. The fourth-order valence-electron chi connectivity index (χ4n) is 9.52. The van der Waals surface area contributed by atoms with E-state index >= 15 is 0 Å². The Bertz CT molecular complexity index is 1180. The lowest BCUT2D eigenvalue weighted by atomic mass is 9.99. The summed E-state index contributed by atoms with van der Waals surface area (Å²) in [5.41, 5.74) is 0. The molecule has 1 fully saturated rings. The third-order valence-electron chi connectivity index (χ3n) is 14.2. The van der Waals surface area contributed by atoms with Gasteiger partial charge in [-0.2, -0.15) is 0 Å². The van der Waals surface area contributed by atoms with E-state index in [4.69, 9.17) is 9.47 Å². The summed E-state index contributed by atoms with van der Waals surface area (Å²) >= 11 is 0. The highest BCUT2D eigenvalue weighted by atomic mass is 16.7. The van der Waals surface area contributed by atoms with Crippen molar-refractivity contribution in [3.63, 3.8) is 0 Å². The van der Waals surface area contributed by atoms with Crippen LogP contribution >= 0.6 is 0 Å². The molecule has 7 atom stereocenters. The molecular weight excluding hydrogens is 863 g/mol. The van der Waals surface area contributed by atoms with Gasteiger partial charge in [-0.05, 0) is 51.4 Å². The highest BCUT2D eigenvalue weighted by Gasteiger charge is 2.44. The number of hydrogen-bond donors (Lipinski definition) is 6. The number of allylic oxidation sites excluding steroid dienone is 6. The van der Waals surface area contributed by atoms with E-state index in [0.29, 0.717) is 12.8 Å². The predicted octanol–water partition coefficient (Wildman–Crippen LogP) is 14.7. The summed E-state index contributed by atoms with van der Waals surface area (Å²) in [5, 5.41) is 54.7. The number of aliphatic hydroxyl groups excluding tert-OH is 5. The van der Waals surface area contributed by atoms with Gasteiger partial charge in [-0.25, -0.2) is 0 Å². The zero-order valence-electron chi connectivity index (χ0n) is 45.1. The topological polar surface area (TPSA) is 149 Å². The number of unbranched alkanes of at least 4 members (excludes halogenated alkanes) is 35. The van der Waals surface area contributed by atoms with Crippen molar-refractivity contribution in [3.05, 3.63) is 36.5 Å². The first kappa shape index (κ1) is 65.4. The molecule has 9 nitrogen and oxygen atoms in total. The summed E-state index contributed by atoms with van der Waals surface area (Å²) < 4.78 is 11.3. The van der Waals surface area contributed by atoms with Crippen LogP contribution in [0, 0.1) is 0 Å². The van der Waals surface area contributed by atoms with Gasteiger partial charge < -0.3 is 40.3 Å². The van der Waals surface area contributed by atoms with Crippen LogP contribution in [0.3, 0.4) is 0 Å². The molecule has 7 unspecified atom stereocenters. The van der Waals surface area contributed by atoms with Crippen molar-refractivity contribution in [3.8, 4) is 0 Å². The van der Waals surface area contributed by atoms with Crippen LogP contribution in [0.25, 0.3) is 0 Å². The van der Waals surface area contributed by atoms with E-state index in [1.165, 1.54) is 193 Å². The lowest BCUT2D eigenvalue weighted by Gasteiger charge is -2.40. The largest absolute Gasteiger partial charge is 0.394 e. The number of nitrogens with one attached hydrogen (secondary N) is 1. The number of aliphatic hydroxyl groups is 5. The fraction of sp³-hybridized carbons (Fsp3) is 0.883. The number of ether oxygens (including phenoxy) is 2. The van der Waals surface area contributed by atoms with E-state index in [1.54, 1.807) is 0 Å². The molecule has 0 radical (unpaired) electrons. The molecule has 0 bridgehead atoms. The van der Waals surface area contributed by atoms with Crippen LogP contribution in [0.1, 0.15) is 284 Å². The van der Waals surface area contributed by atoms with Gasteiger partial charge in [0.25, 0.3) is 0 Å². The molecule has 0 aromatic rings. The summed E-state index contributed by atoms with van der Waals surface area (Å²) in [6.07, 6.45) is 57.4. The summed E-state index contributed by atoms with van der Waals surface area (Å²) in [4.78, 5) is 13.1. The van der Waals surface area contributed by atoms with Gasteiger partial charge in [-0.1, -0.05) is 262 Å². The molecule has 0 aromatic carbocycles. The molecule has 1 rings (SSSR count). The van der Waals surface area contributed by atoms with Crippen LogP contribution < -0.4 is 5.32 Å². The SMILES string of the molecule is CCCCCCC/C=C\C/C=C\C/C=C\CCCCCCCCC(=O)NC(COC1OC(CO)C(O)C(O)C1O)C(O)CCCCCCCCCCCCCCCCCCCCCCCCCCC. The summed E-state index contributed by atoms with van der Waals surface area (Å²) in [5.74, 6) is -0.153. The fourth-order valence-corrected chi connectivity index (χ4v) is 9.52. The molecule has 6 N–H and O–H groups in total. The van der Waals surface area contributed by atoms with Crippen molar-refractivity contribution in [1.29, 1.82) is 0 Å². The monoisotopic (exact) mass is 976 g/mol. The molecule has 1 amide bonds. The molecule has 0 aromatic heterocycles. The number of hydrogen-bond acceptors (Lipinski definition) is 8. The minimum absolute atomic E-state index is 0.142. The van der Waals surface area contributed by atoms with Crippen LogP contribution in [0.4, 0.5) is 0 Å². The second-order valence-corrected chi connectivity index (χ2v) is 20.8. The first-order valence-electron chi connectivity index (χ1n) is 29.7. The van der Waals surface area contributed by atoms with Crippen LogP contribution in [-0.2, 0) is 14.3 Å². The molecule has 69 heavy (non-hydrogen) atoms. The van der Waals surface area contributed by atoms with Gasteiger partial charge in [0, 0.05) is 6.42 Å². The normalized spacial score (nSPS) is 19.7. The quantitative estimate of drug-likeness (QED) is 0.0261. The van der Waals surface area contributed by atoms with Gasteiger partial charge in [-0.3, -0.25) is 4.79 Å². The Labute approximate surface area is 425 Å². The van der Waals surface area contributed by atoms with E-state index in [9.17, 15) is 30.3 Å². The number of carbonyl (C=O) groups is 1. The summed E-state index contributed by atoms with van der Waals surface area (Å²) in [6.45, 7) is 3.85. The van der Waals surface area contributed by atoms with Crippen molar-refractivity contribution in [2.45, 2.75) is 326 Å². The van der Waals surface area contributed by atoms with Crippen molar-refractivity contribution in [1.82, 2.24) is 5.32 Å². The van der Waals surface area contributed by atoms with Gasteiger partial charge in [0.05, 0.1) is 25.4 Å². The lowest BCUT2D eigenvalue weighted by Crippen LogP contribution is -2.60. The van der Waals surface area contributed by atoms with E-state index in [2.05, 4.69) is 55.6 Å². The Kier molecular flexibility index (Phi) is 47.4. The molecule has 1 aliphatic rings. The highest BCUT2D eigenvalue weighted by molar-refractivity contribution is 5.76. The second-order valence-electron chi connectivity index (χ2n) is 20.8. The smallest absolute Gasteiger partial charge is 0.220 e. The molecule has 406 valence electrons. The van der Waals surface area contributed by atoms with E-state index in [1.807, 2.05) is 0 Å². The molecule has 1 heterocycles. The van der Waals surface area contributed by atoms with Gasteiger partial charge in [0.15, 0.2) is 6.29 Å². The number of carbonyl (C=O) groups excluding carboxylic acids is 1. The van der Waals surface area contributed by atoms with Crippen LogP contribution in [0.2, 0.25) is 0 Å². The van der Waals surface area contributed by atoms with Gasteiger partial charge in [0.1, 0.15) is 24.4 Å². The van der Waals surface area contributed by atoms with Gasteiger partial charge >= 0.3 is 0 Å². The molecular formula is C60H113NO8. The van der Waals surface area contributed by atoms with Crippen molar-refractivity contribution in [2.24, 2.45) is 0 Å². The zero-order valence-corrected chi connectivity index (χ0v) is 45.1. The maximum atomic E-state index is 13.1. The Morgan fingerprint density at radius 1 is 0.493 bits per heavy atom. The minimum Gasteiger partial charge on any atom is -0.394 e. The highest BCUT2D eigenvalue weighted by Crippen LogP contribution is 2.23. The first-order valence-corrected chi connectivity index (χ1v) is 29.7. The maximum Gasteiger partial charge on any atom is 0.220 e. The molecule has 9 heteroatoms. The Balaban J connectivity index is 2.21. The molecule has 0 aliphatic carbocycles. The van der Waals surface area contributed by atoms with E-state index in [-0.39, 0.29) is 12.5 Å². The standard InChI is InChI=1S/C60H113NO8/c1-3-5-7-9-11-13-15-17-19-21-23-25-26-27-28-30-31-33-35-37-39-41-43-45-47-49-54(63)53(52-68-60-59(67)58(66)57(65)55(51-62)69-60)61-56(64)50-48-46-44-42-40-38-36-34-32-29-24-22-20-18-16-14-12-10-8-6-4-2/h16,18,22,24,32,34,53-55,57-60,62-63,65-67H,3-15,17,19-21,23,25-31,33,35-52H2,1-2H3,(H,61,64)/b18-16-,24-22-,34-32-. The third-order valence-corrected chi connectivity index (χ3v) is 14.2. The number of amides is 1. The molecule has 0 spiro atoms. The Morgan fingerprint density at radius 3 is 1.26 bits per heavy atom. The summed E-state index contributed by atoms with van der Waals surface area (Å²) in [7, 11) is 0. The molecule has 0 saturated carbocycles. The van der Waals surface area contributed by atoms with Gasteiger partial charge in [0.2, 0.25) is 5.91 Å². The zero-order chi connectivity index (χ0) is 50.1. The maximum absolute atomic E-state index is 13.1. The van der Waals surface area contributed by atoms with Crippen LogP contribution in [0.5, 0.6) is 0 Å². The van der Waals surface area contributed by atoms with Crippen LogP contribution in [0.15, 0.2) is 36.5 Å². The average Bonchev–Trinajstić information content (AvgIpc) is 3.35. The Hall–Kier alpha value is -1.59. The van der Waals surface area contributed by atoms with Crippen molar-refractivity contribution >= 4 is 5.91 Å². The van der Waals surface area contributed by atoms with E-state index < -0.39 is 49.5 Å². The van der Waals surface area contributed by atoms with Crippen LogP contribution in [-0.4, -0.2) is 87.5 Å². The van der Waals surface area contributed by atoms with Crippen molar-refractivity contribution < 1.29 is 39.8 Å². The predicted molar refractivity (Wildman–Crippen MR) is 290 cm³/mol. The summed E-state index contributed by atoms with van der Waals surface area (Å²) in [6, 6.07) is -0.727. The van der Waals surface area contributed by atoms with E-state index in [0.717, 1.165) is 64.2 Å².